The molecule has 0 unspecified atom stereocenters. The van der Waals surface area contributed by atoms with Crippen molar-refractivity contribution >= 4 is 10.8 Å². The van der Waals surface area contributed by atoms with Gasteiger partial charge in [-0.1, -0.05) is 48.5 Å². The topological polar surface area (TPSA) is 49.7 Å². The summed E-state index contributed by atoms with van der Waals surface area (Å²) in [6.45, 7) is 3.92. The van der Waals surface area contributed by atoms with Crippen LogP contribution in [-0.2, 0) is 5.60 Å². The van der Waals surface area contributed by atoms with E-state index in [1.54, 1.807) is 12.1 Å². The number of benzene rings is 3. The molecule has 0 amide bonds. The van der Waals surface area contributed by atoms with Crippen molar-refractivity contribution in [2.75, 3.05) is 0 Å². The van der Waals surface area contributed by atoms with Gasteiger partial charge in [0.15, 0.2) is 11.5 Å². The van der Waals surface area contributed by atoms with Crippen LogP contribution in [0.1, 0.15) is 19.4 Å². The van der Waals surface area contributed by atoms with E-state index in [4.69, 9.17) is 4.74 Å². The lowest BCUT2D eigenvalue weighted by molar-refractivity contribution is 0.101. The van der Waals surface area contributed by atoms with Crippen molar-refractivity contribution < 1.29 is 14.9 Å². The highest BCUT2D eigenvalue weighted by Crippen LogP contribution is 2.55. The molecule has 0 fully saturated rings. The number of phenolic OH excluding ortho intramolecular Hbond substituents is 2. The Bertz CT molecular complexity index is 910. The SMILES string of the molecule is CC1(C)Oc2c(c(O)c3ccccc3c2O)-c2ccccc21. The van der Waals surface area contributed by atoms with Gasteiger partial charge in [-0.3, -0.25) is 0 Å². The van der Waals surface area contributed by atoms with Crippen molar-refractivity contribution in [1.29, 1.82) is 0 Å². The van der Waals surface area contributed by atoms with Gasteiger partial charge in [-0.25, -0.2) is 0 Å². The highest BCUT2D eigenvalue weighted by Gasteiger charge is 2.36. The van der Waals surface area contributed by atoms with Crippen molar-refractivity contribution in [1.82, 2.24) is 0 Å². The van der Waals surface area contributed by atoms with Crippen LogP contribution in [-0.4, -0.2) is 10.2 Å². The maximum Gasteiger partial charge on any atom is 0.174 e. The predicted octanol–water partition coefficient (Wildman–Crippen LogP) is 4.55. The second-order valence-electron chi connectivity index (χ2n) is 6.10. The largest absolute Gasteiger partial charge is 0.507 e. The molecule has 3 aromatic carbocycles. The number of hydrogen-bond acceptors (Lipinski definition) is 3. The minimum atomic E-state index is -0.573. The monoisotopic (exact) mass is 292 g/mol. The third-order valence-electron chi connectivity index (χ3n) is 4.32. The summed E-state index contributed by atoms with van der Waals surface area (Å²) < 4.78 is 6.06. The summed E-state index contributed by atoms with van der Waals surface area (Å²) >= 11 is 0. The minimum Gasteiger partial charge on any atom is -0.507 e. The molecular formula is C19H16O3. The van der Waals surface area contributed by atoms with Crippen molar-refractivity contribution in [3.05, 3.63) is 54.1 Å². The number of hydrogen-bond donors (Lipinski definition) is 2. The Hall–Kier alpha value is -2.68. The fourth-order valence-electron chi connectivity index (χ4n) is 3.26. The zero-order valence-electron chi connectivity index (χ0n) is 12.4. The number of rotatable bonds is 0. The van der Waals surface area contributed by atoms with E-state index in [1.165, 1.54) is 0 Å². The van der Waals surface area contributed by atoms with Gasteiger partial charge in [0.05, 0.1) is 5.56 Å². The fourth-order valence-corrected chi connectivity index (χ4v) is 3.26. The van der Waals surface area contributed by atoms with Gasteiger partial charge in [-0.2, -0.15) is 0 Å². The molecule has 0 bridgehead atoms. The lowest BCUT2D eigenvalue weighted by Gasteiger charge is -2.35. The maximum absolute atomic E-state index is 10.7. The molecule has 0 radical (unpaired) electrons. The first-order chi connectivity index (χ1) is 10.5. The Morgan fingerprint density at radius 2 is 1.41 bits per heavy atom. The fraction of sp³-hybridized carbons (Fsp3) is 0.158. The predicted molar refractivity (Wildman–Crippen MR) is 86.4 cm³/mol. The van der Waals surface area contributed by atoms with Crippen LogP contribution in [0.2, 0.25) is 0 Å². The quantitative estimate of drug-likeness (QED) is 0.598. The molecule has 0 aromatic heterocycles. The molecule has 0 saturated carbocycles. The second kappa shape index (κ2) is 4.17. The molecule has 3 heteroatoms. The average Bonchev–Trinajstić information content (AvgIpc) is 2.52. The molecular weight excluding hydrogens is 276 g/mol. The van der Waals surface area contributed by atoms with E-state index < -0.39 is 5.60 Å². The van der Waals surface area contributed by atoms with Gasteiger partial charge in [-0.05, 0) is 19.4 Å². The van der Waals surface area contributed by atoms with Gasteiger partial charge in [0, 0.05) is 16.3 Å². The first-order valence-corrected chi connectivity index (χ1v) is 7.26. The van der Waals surface area contributed by atoms with Crippen LogP contribution >= 0.6 is 0 Å². The smallest absolute Gasteiger partial charge is 0.174 e. The van der Waals surface area contributed by atoms with Gasteiger partial charge in [0.2, 0.25) is 0 Å². The maximum atomic E-state index is 10.7. The van der Waals surface area contributed by atoms with Crippen molar-refractivity contribution in [2.24, 2.45) is 0 Å². The summed E-state index contributed by atoms with van der Waals surface area (Å²) in [5.74, 6) is 0.567. The molecule has 1 aliphatic rings. The summed E-state index contributed by atoms with van der Waals surface area (Å²) in [6.07, 6.45) is 0. The van der Waals surface area contributed by atoms with E-state index in [9.17, 15) is 10.2 Å². The highest BCUT2D eigenvalue weighted by molar-refractivity contribution is 6.03. The standard InChI is InChI=1S/C19H16O3/c1-19(2)14-10-6-5-9-13(14)15-16(20)11-7-3-4-8-12(11)17(21)18(15)22-19/h3-10,20-21H,1-2H3. The normalized spacial score (nSPS) is 15.0. The molecule has 0 atom stereocenters. The third-order valence-corrected chi connectivity index (χ3v) is 4.32. The zero-order chi connectivity index (χ0) is 15.5. The van der Waals surface area contributed by atoms with Crippen molar-refractivity contribution in [2.45, 2.75) is 19.4 Å². The van der Waals surface area contributed by atoms with Gasteiger partial charge in [0.25, 0.3) is 0 Å². The lowest BCUT2D eigenvalue weighted by Crippen LogP contribution is -2.29. The van der Waals surface area contributed by atoms with Crippen LogP contribution in [0.15, 0.2) is 48.5 Å². The second-order valence-corrected chi connectivity index (χ2v) is 6.10. The molecule has 22 heavy (non-hydrogen) atoms. The van der Waals surface area contributed by atoms with Crippen LogP contribution in [0.3, 0.4) is 0 Å². The van der Waals surface area contributed by atoms with Gasteiger partial charge in [0.1, 0.15) is 11.4 Å². The molecule has 1 heterocycles. The van der Waals surface area contributed by atoms with Crippen LogP contribution in [0, 0.1) is 0 Å². The van der Waals surface area contributed by atoms with E-state index >= 15 is 0 Å². The number of ether oxygens (including phenoxy) is 1. The molecule has 1 aliphatic heterocycles. The van der Waals surface area contributed by atoms with Gasteiger partial charge >= 0.3 is 0 Å². The summed E-state index contributed by atoms with van der Waals surface area (Å²) in [5.41, 5.74) is 1.88. The van der Waals surface area contributed by atoms with E-state index in [0.29, 0.717) is 22.1 Å². The Balaban J connectivity index is 2.19. The zero-order valence-corrected chi connectivity index (χ0v) is 12.4. The van der Waals surface area contributed by atoms with E-state index in [2.05, 4.69) is 0 Å². The molecule has 3 nitrogen and oxygen atoms in total. The van der Waals surface area contributed by atoms with Gasteiger partial charge in [-0.15, -0.1) is 0 Å². The lowest BCUT2D eigenvalue weighted by atomic mass is 9.84. The number of fused-ring (bicyclic) bond motifs is 4. The first-order valence-electron chi connectivity index (χ1n) is 7.26. The molecule has 3 aromatic rings. The Kier molecular flexibility index (Phi) is 2.46. The Morgan fingerprint density at radius 3 is 2.14 bits per heavy atom. The number of phenols is 2. The average molecular weight is 292 g/mol. The third kappa shape index (κ3) is 1.56. The summed E-state index contributed by atoms with van der Waals surface area (Å²) in [7, 11) is 0. The summed E-state index contributed by atoms with van der Waals surface area (Å²) in [4.78, 5) is 0. The van der Waals surface area contributed by atoms with Crippen LogP contribution in [0.5, 0.6) is 17.2 Å². The Morgan fingerprint density at radius 1 is 0.818 bits per heavy atom. The molecule has 110 valence electrons. The molecule has 0 spiro atoms. The van der Waals surface area contributed by atoms with Crippen molar-refractivity contribution in [3.63, 3.8) is 0 Å². The van der Waals surface area contributed by atoms with Crippen LogP contribution in [0.25, 0.3) is 21.9 Å². The van der Waals surface area contributed by atoms with E-state index in [1.807, 2.05) is 50.2 Å². The van der Waals surface area contributed by atoms with Crippen molar-refractivity contribution in [3.8, 4) is 28.4 Å². The summed E-state index contributed by atoms with van der Waals surface area (Å²) in [6, 6.07) is 15.1. The van der Waals surface area contributed by atoms with Crippen LogP contribution < -0.4 is 4.74 Å². The van der Waals surface area contributed by atoms with E-state index in [0.717, 1.165) is 11.1 Å². The molecule has 0 saturated heterocycles. The first kappa shape index (κ1) is 13.0. The number of aromatic hydroxyl groups is 2. The molecule has 4 rings (SSSR count). The summed E-state index contributed by atoms with van der Waals surface area (Å²) in [5, 5.41) is 22.6. The highest BCUT2D eigenvalue weighted by atomic mass is 16.5. The van der Waals surface area contributed by atoms with Gasteiger partial charge < -0.3 is 14.9 Å². The molecule has 2 N–H and O–H groups in total. The van der Waals surface area contributed by atoms with Crippen LogP contribution in [0.4, 0.5) is 0 Å². The minimum absolute atomic E-state index is 0.0750. The molecule has 0 aliphatic carbocycles. The Labute approximate surface area is 128 Å². The van der Waals surface area contributed by atoms with E-state index in [-0.39, 0.29) is 11.5 Å².